The molecule has 2 aromatic rings. The van der Waals surface area contributed by atoms with Crippen LogP contribution in [0.15, 0.2) is 65.1 Å². The third-order valence-electron chi connectivity index (χ3n) is 5.73. The lowest BCUT2D eigenvalue weighted by molar-refractivity contribution is -0.175. The molecule has 1 heterocycles. The summed E-state index contributed by atoms with van der Waals surface area (Å²) in [5, 5.41) is 0. The highest BCUT2D eigenvalue weighted by Gasteiger charge is 2.53. The van der Waals surface area contributed by atoms with E-state index >= 15 is 0 Å². The van der Waals surface area contributed by atoms with Crippen LogP contribution in [0.25, 0.3) is 3.58 Å². The summed E-state index contributed by atoms with van der Waals surface area (Å²) in [4.78, 5) is 12.1. The molecule has 2 aromatic carbocycles. The van der Waals surface area contributed by atoms with Gasteiger partial charge in [-0.3, -0.25) is 0 Å². The van der Waals surface area contributed by atoms with Gasteiger partial charge in [-0.2, -0.15) is 13.1 Å². The Hall–Kier alpha value is -1.85. The molecule has 0 radical (unpaired) electrons. The first-order valence-electron chi connectivity index (χ1n) is 10.5. The van der Waals surface area contributed by atoms with Gasteiger partial charge < -0.3 is 4.74 Å². The predicted molar refractivity (Wildman–Crippen MR) is 132 cm³/mol. The Morgan fingerprint density at radius 3 is 2.33 bits per heavy atom. The standard InChI is InChI=1S/C24H26F2INO4S/c1-4-32-22(29)24(25,26)15-23(3)16-28(33(30,31)19-12-10-17(2)11-13-19)14-20(23)21(27)18-8-6-5-7-9-18/h5-13H,4,14-16H2,1-3H3/b21-20+/t23-/m1/s1. The normalized spacial score (nSPS) is 21.2. The highest BCUT2D eigenvalue weighted by atomic mass is 127. The van der Waals surface area contributed by atoms with Gasteiger partial charge in [-0.15, -0.1) is 0 Å². The molecule has 5 nitrogen and oxygen atoms in total. The maximum Gasteiger partial charge on any atom is 0.376 e. The smallest absolute Gasteiger partial charge is 0.376 e. The Morgan fingerprint density at radius 1 is 1.15 bits per heavy atom. The van der Waals surface area contributed by atoms with Crippen LogP contribution in [0.4, 0.5) is 8.78 Å². The number of aryl methyl sites for hydroxylation is 1. The fourth-order valence-electron chi connectivity index (χ4n) is 3.99. The van der Waals surface area contributed by atoms with Crippen LogP contribution in [0, 0.1) is 12.3 Å². The molecule has 0 saturated carbocycles. The van der Waals surface area contributed by atoms with Crippen molar-refractivity contribution in [2.45, 2.75) is 38.0 Å². The second kappa shape index (κ2) is 9.79. The largest absolute Gasteiger partial charge is 0.462 e. The van der Waals surface area contributed by atoms with Gasteiger partial charge in [0.15, 0.2) is 0 Å². The average Bonchev–Trinajstić information content (AvgIpc) is 3.11. The zero-order valence-corrected chi connectivity index (χ0v) is 21.6. The van der Waals surface area contributed by atoms with E-state index in [2.05, 4.69) is 27.3 Å². The summed E-state index contributed by atoms with van der Waals surface area (Å²) < 4.78 is 62.9. The van der Waals surface area contributed by atoms with Gasteiger partial charge >= 0.3 is 11.9 Å². The molecule has 0 amide bonds. The van der Waals surface area contributed by atoms with Crippen LogP contribution < -0.4 is 0 Å². The van der Waals surface area contributed by atoms with Gasteiger partial charge in [0.25, 0.3) is 0 Å². The number of nitrogens with zero attached hydrogens (tertiary/aromatic N) is 1. The Balaban J connectivity index is 2.07. The van der Waals surface area contributed by atoms with Crippen molar-refractivity contribution in [3.05, 3.63) is 71.3 Å². The molecular formula is C24H26F2INO4S. The fourth-order valence-corrected chi connectivity index (χ4v) is 6.70. The molecule has 3 rings (SSSR count). The molecule has 0 N–H and O–H groups in total. The monoisotopic (exact) mass is 589 g/mol. The first-order chi connectivity index (χ1) is 15.4. The molecule has 178 valence electrons. The number of rotatable bonds is 7. The third-order valence-corrected chi connectivity index (χ3v) is 8.81. The average molecular weight is 589 g/mol. The van der Waals surface area contributed by atoms with Crippen LogP contribution in [-0.2, 0) is 19.6 Å². The van der Waals surface area contributed by atoms with Crippen molar-refractivity contribution in [1.29, 1.82) is 0 Å². The molecule has 0 spiro atoms. The highest BCUT2D eigenvalue weighted by molar-refractivity contribution is 14.1. The number of benzene rings is 2. The van der Waals surface area contributed by atoms with E-state index in [-0.39, 0.29) is 24.6 Å². The minimum atomic E-state index is -3.93. The lowest BCUT2D eigenvalue weighted by Gasteiger charge is -2.30. The van der Waals surface area contributed by atoms with Crippen molar-refractivity contribution in [2.75, 3.05) is 19.7 Å². The van der Waals surface area contributed by atoms with Crippen LogP contribution in [0.2, 0.25) is 0 Å². The summed E-state index contributed by atoms with van der Waals surface area (Å²) in [5.41, 5.74) is 0.983. The van der Waals surface area contributed by atoms with Crippen molar-refractivity contribution >= 4 is 42.2 Å². The summed E-state index contributed by atoms with van der Waals surface area (Å²) >= 11 is 2.07. The predicted octanol–water partition coefficient (Wildman–Crippen LogP) is 5.44. The highest BCUT2D eigenvalue weighted by Crippen LogP contribution is 2.49. The van der Waals surface area contributed by atoms with Gasteiger partial charge in [0.2, 0.25) is 10.0 Å². The van der Waals surface area contributed by atoms with Crippen LogP contribution in [-0.4, -0.2) is 44.3 Å². The molecule has 0 aromatic heterocycles. The molecule has 1 fully saturated rings. The van der Waals surface area contributed by atoms with Crippen LogP contribution in [0.5, 0.6) is 0 Å². The molecule has 0 bridgehead atoms. The molecule has 33 heavy (non-hydrogen) atoms. The van der Waals surface area contributed by atoms with E-state index < -0.39 is 33.8 Å². The molecule has 0 unspecified atom stereocenters. The quantitative estimate of drug-likeness (QED) is 0.319. The van der Waals surface area contributed by atoms with Gasteiger partial charge in [-0.25, -0.2) is 13.2 Å². The Kier molecular flexibility index (Phi) is 7.65. The van der Waals surface area contributed by atoms with Crippen LogP contribution in [0.3, 0.4) is 0 Å². The SMILES string of the molecule is CCOC(=O)C(F)(F)C[C@]1(C)CN(S(=O)(=O)c2ccc(C)cc2)C/C1=C(\I)c1ccccc1. The van der Waals surface area contributed by atoms with Crippen molar-refractivity contribution in [3.63, 3.8) is 0 Å². The number of halogens is 3. The van der Waals surface area contributed by atoms with Crippen LogP contribution in [0.1, 0.15) is 31.4 Å². The van der Waals surface area contributed by atoms with Crippen molar-refractivity contribution in [2.24, 2.45) is 5.41 Å². The van der Waals surface area contributed by atoms with E-state index in [0.29, 0.717) is 9.15 Å². The summed E-state index contributed by atoms with van der Waals surface area (Å²) in [5.74, 6) is -5.35. The minimum Gasteiger partial charge on any atom is -0.462 e. The number of carbonyl (C=O) groups is 1. The van der Waals surface area contributed by atoms with Crippen molar-refractivity contribution in [3.8, 4) is 0 Å². The van der Waals surface area contributed by atoms with E-state index in [9.17, 15) is 22.0 Å². The van der Waals surface area contributed by atoms with E-state index in [0.717, 1.165) is 11.1 Å². The zero-order chi connectivity index (χ0) is 24.4. The molecular weight excluding hydrogens is 563 g/mol. The van der Waals surface area contributed by atoms with Crippen molar-refractivity contribution < 1.29 is 26.7 Å². The number of alkyl halides is 2. The topological polar surface area (TPSA) is 63.7 Å². The van der Waals surface area contributed by atoms with E-state index in [4.69, 9.17) is 0 Å². The molecule has 1 aliphatic heterocycles. The number of carbonyl (C=O) groups excluding carboxylic acids is 1. The lowest BCUT2D eigenvalue weighted by Crippen LogP contribution is -2.39. The van der Waals surface area contributed by atoms with E-state index in [1.165, 1.54) is 23.4 Å². The number of hydrogen-bond acceptors (Lipinski definition) is 4. The van der Waals surface area contributed by atoms with Gasteiger partial charge in [-0.1, -0.05) is 55.0 Å². The number of hydrogen-bond donors (Lipinski definition) is 0. The zero-order valence-electron chi connectivity index (χ0n) is 18.6. The molecule has 1 saturated heterocycles. The summed E-state index contributed by atoms with van der Waals surface area (Å²) in [6.45, 7) is 4.52. The second-order valence-electron chi connectivity index (χ2n) is 8.41. The number of ether oxygens (including phenoxy) is 1. The van der Waals surface area contributed by atoms with Crippen LogP contribution >= 0.6 is 22.6 Å². The first kappa shape index (κ1) is 25.8. The van der Waals surface area contributed by atoms with Crippen molar-refractivity contribution in [1.82, 2.24) is 4.31 Å². The Morgan fingerprint density at radius 2 is 1.76 bits per heavy atom. The first-order valence-corrected chi connectivity index (χ1v) is 13.0. The molecule has 1 aliphatic rings. The molecule has 0 aliphatic carbocycles. The summed E-state index contributed by atoms with van der Waals surface area (Å²) in [7, 11) is -3.93. The van der Waals surface area contributed by atoms with E-state index in [1.807, 2.05) is 37.3 Å². The maximum absolute atomic E-state index is 14.9. The summed E-state index contributed by atoms with van der Waals surface area (Å²) in [6, 6.07) is 15.6. The number of sulfonamides is 1. The second-order valence-corrected chi connectivity index (χ2v) is 11.4. The molecule has 9 heteroatoms. The van der Waals surface area contributed by atoms with Gasteiger partial charge in [0, 0.05) is 28.5 Å². The fraction of sp³-hybridized carbons (Fsp3) is 0.375. The minimum absolute atomic E-state index is 0.0429. The molecule has 1 atom stereocenters. The maximum atomic E-state index is 14.9. The number of esters is 1. The Bertz CT molecular complexity index is 1150. The lowest BCUT2D eigenvalue weighted by atomic mass is 9.78. The van der Waals surface area contributed by atoms with Gasteiger partial charge in [-0.05, 0) is 59.7 Å². The Labute approximate surface area is 207 Å². The van der Waals surface area contributed by atoms with E-state index in [1.54, 1.807) is 19.1 Å². The summed E-state index contributed by atoms with van der Waals surface area (Å²) in [6.07, 6.45) is -0.854. The van der Waals surface area contributed by atoms with Gasteiger partial charge in [0.05, 0.1) is 11.5 Å². The van der Waals surface area contributed by atoms with Gasteiger partial charge in [0.1, 0.15) is 0 Å². The third kappa shape index (κ3) is 5.46.